The summed E-state index contributed by atoms with van der Waals surface area (Å²) in [6.07, 6.45) is 3.43. The Kier molecular flexibility index (Phi) is 6.80. The van der Waals surface area contributed by atoms with Crippen molar-refractivity contribution in [2.75, 3.05) is 39.4 Å². The van der Waals surface area contributed by atoms with Crippen molar-refractivity contribution in [3.05, 3.63) is 35.2 Å². The van der Waals surface area contributed by atoms with E-state index in [4.69, 9.17) is 9.73 Å². The highest BCUT2D eigenvalue weighted by atomic mass is 127. The van der Waals surface area contributed by atoms with E-state index in [1.165, 1.54) is 28.5 Å². The van der Waals surface area contributed by atoms with Crippen molar-refractivity contribution < 1.29 is 4.74 Å². The fourth-order valence-corrected chi connectivity index (χ4v) is 5.02. The number of hydrogen-bond acceptors (Lipinski definition) is 3. The summed E-state index contributed by atoms with van der Waals surface area (Å²) in [5.41, 5.74) is 1.79. The van der Waals surface area contributed by atoms with Gasteiger partial charge in [-0.3, -0.25) is 4.99 Å². The second kappa shape index (κ2) is 8.89. The first kappa shape index (κ1) is 19.9. The van der Waals surface area contributed by atoms with Gasteiger partial charge in [0.05, 0.1) is 6.61 Å². The van der Waals surface area contributed by atoms with Gasteiger partial charge in [0.25, 0.3) is 0 Å². The first-order chi connectivity index (χ1) is 12.3. The van der Waals surface area contributed by atoms with E-state index in [1.807, 2.05) is 11.3 Å². The highest BCUT2D eigenvalue weighted by molar-refractivity contribution is 14.0. The maximum Gasteiger partial charge on any atom is 0.193 e. The highest BCUT2D eigenvalue weighted by Crippen LogP contribution is 2.38. The van der Waals surface area contributed by atoms with Crippen molar-refractivity contribution in [2.24, 2.45) is 10.4 Å². The molecule has 0 aliphatic carbocycles. The molecule has 3 heterocycles. The number of fused-ring (bicyclic) bond motifs is 1. The molecule has 1 aromatic heterocycles. The molecule has 1 atom stereocenters. The van der Waals surface area contributed by atoms with E-state index in [9.17, 15) is 0 Å². The van der Waals surface area contributed by atoms with Crippen molar-refractivity contribution in [2.45, 2.75) is 26.2 Å². The van der Waals surface area contributed by atoms with Crippen molar-refractivity contribution in [1.82, 2.24) is 10.2 Å². The Hall–Kier alpha value is -0.860. The Morgan fingerprint density at radius 1 is 1.35 bits per heavy atom. The molecular formula is C20H28IN3OS. The van der Waals surface area contributed by atoms with Crippen molar-refractivity contribution in [3.8, 4) is 0 Å². The fourth-order valence-electron chi connectivity index (χ4n) is 4.02. The molecule has 2 aromatic rings. The molecule has 6 heteroatoms. The number of guanidine groups is 1. The van der Waals surface area contributed by atoms with Crippen LogP contribution in [0.15, 0.2) is 34.6 Å². The average molecular weight is 485 g/mol. The molecule has 2 fully saturated rings. The van der Waals surface area contributed by atoms with E-state index < -0.39 is 0 Å². The summed E-state index contributed by atoms with van der Waals surface area (Å²) in [5, 5.41) is 7.16. The molecule has 0 amide bonds. The van der Waals surface area contributed by atoms with Gasteiger partial charge in [-0.1, -0.05) is 18.2 Å². The number of benzene rings is 1. The molecule has 2 aliphatic heterocycles. The minimum atomic E-state index is 0. The van der Waals surface area contributed by atoms with Gasteiger partial charge in [0.1, 0.15) is 0 Å². The number of likely N-dealkylation sites (tertiary alicyclic amines) is 1. The molecule has 0 bridgehead atoms. The third kappa shape index (κ3) is 4.17. The van der Waals surface area contributed by atoms with E-state index in [0.717, 1.165) is 51.8 Å². The summed E-state index contributed by atoms with van der Waals surface area (Å²) in [6.45, 7) is 7.92. The van der Waals surface area contributed by atoms with Crippen LogP contribution in [0.4, 0.5) is 0 Å². The number of aliphatic imine (C=N–C) groups is 1. The minimum Gasteiger partial charge on any atom is -0.381 e. The second-order valence-corrected chi connectivity index (χ2v) is 8.13. The molecule has 1 aromatic carbocycles. The molecule has 4 rings (SSSR count). The number of nitrogens with one attached hydrogen (secondary N) is 1. The van der Waals surface area contributed by atoms with Gasteiger partial charge >= 0.3 is 0 Å². The van der Waals surface area contributed by atoms with Gasteiger partial charge < -0.3 is 15.0 Å². The molecule has 2 saturated heterocycles. The van der Waals surface area contributed by atoms with Gasteiger partial charge in [0.2, 0.25) is 0 Å². The number of nitrogens with zero attached hydrogens (tertiary/aromatic N) is 2. The predicted octanol–water partition coefficient (Wildman–Crippen LogP) is 4.14. The largest absolute Gasteiger partial charge is 0.381 e. The maximum absolute atomic E-state index is 5.66. The zero-order chi connectivity index (χ0) is 17.1. The van der Waals surface area contributed by atoms with E-state index in [0.29, 0.717) is 5.41 Å². The van der Waals surface area contributed by atoms with Crippen LogP contribution in [0.1, 0.15) is 25.3 Å². The van der Waals surface area contributed by atoms with Gasteiger partial charge in [-0.15, -0.1) is 35.3 Å². The SMILES string of the molecule is CCNC(=NCCc1csc2ccccc12)N1CCC2(CCOC2)C1.I. The zero-order valence-corrected chi connectivity index (χ0v) is 18.5. The van der Waals surface area contributed by atoms with Crippen LogP contribution < -0.4 is 5.32 Å². The Morgan fingerprint density at radius 2 is 2.23 bits per heavy atom. The Labute approximate surface area is 177 Å². The van der Waals surface area contributed by atoms with Gasteiger partial charge in [0, 0.05) is 42.9 Å². The number of ether oxygens (including phenoxy) is 1. The van der Waals surface area contributed by atoms with Crippen molar-refractivity contribution in [3.63, 3.8) is 0 Å². The monoisotopic (exact) mass is 485 g/mol. The smallest absolute Gasteiger partial charge is 0.193 e. The molecule has 1 N–H and O–H groups in total. The first-order valence-electron chi connectivity index (χ1n) is 9.36. The Balaban J connectivity index is 0.00000196. The molecule has 2 aliphatic rings. The van der Waals surface area contributed by atoms with Crippen LogP contribution >= 0.6 is 35.3 Å². The van der Waals surface area contributed by atoms with E-state index in [1.54, 1.807) is 0 Å². The molecule has 0 saturated carbocycles. The van der Waals surface area contributed by atoms with Gasteiger partial charge in [-0.2, -0.15) is 0 Å². The van der Waals surface area contributed by atoms with Gasteiger partial charge in [-0.25, -0.2) is 0 Å². The zero-order valence-electron chi connectivity index (χ0n) is 15.4. The van der Waals surface area contributed by atoms with Crippen LogP contribution in [0.25, 0.3) is 10.1 Å². The van der Waals surface area contributed by atoms with E-state index >= 15 is 0 Å². The summed E-state index contributed by atoms with van der Waals surface area (Å²) in [6, 6.07) is 8.66. The third-order valence-electron chi connectivity index (χ3n) is 5.46. The van der Waals surface area contributed by atoms with Crippen LogP contribution in [-0.2, 0) is 11.2 Å². The molecule has 142 valence electrons. The summed E-state index contributed by atoms with van der Waals surface area (Å²) in [7, 11) is 0. The lowest BCUT2D eigenvalue weighted by Crippen LogP contribution is -2.41. The number of hydrogen-bond donors (Lipinski definition) is 1. The van der Waals surface area contributed by atoms with Crippen LogP contribution in [0.3, 0.4) is 0 Å². The molecule has 4 nitrogen and oxygen atoms in total. The summed E-state index contributed by atoms with van der Waals surface area (Å²) in [5.74, 6) is 1.07. The van der Waals surface area contributed by atoms with Crippen molar-refractivity contribution >= 4 is 51.4 Å². The fraction of sp³-hybridized carbons (Fsp3) is 0.550. The lowest BCUT2D eigenvalue weighted by Gasteiger charge is -2.25. The average Bonchev–Trinajstić information content (AvgIpc) is 3.36. The van der Waals surface area contributed by atoms with E-state index in [2.05, 4.69) is 46.8 Å². The topological polar surface area (TPSA) is 36.9 Å². The van der Waals surface area contributed by atoms with Gasteiger partial charge in [-0.05, 0) is 48.6 Å². The minimum absolute atomic E-state index is 0. The normalized spacial score (nSPS) is 23.0. The molecule has 1 spiro atoms. The molecule has 0 radical (unpaired) electrons. The van der Waals surface area contributed by atoms with Crippen LogP contribution in [0.2, 0.25) is 0 Å². The number of thiophene rings is 1. The quantitative estimate of drug-likeness (QED) is 0.402. The Morgan fingerprint density at radius 3 is 3.04 bits per heavy atom. The maximum atomic E-state index is 5.66. The molecule has 26 heavy (non-hydrogen) atoms. The third-order valence-corrected chi connectivity index (χ3v) is 6.47. The van der Waals surface area contributed by atoms with Crippen molar-refractivity contribution in [1.29, 1.82) is 0 Å². The summed E-state index contributed by atoms with van der Waals surface area (Å²) >= 11 is 1.83. The van der Waals surface area contributed by atoms with Gasteiger partial charge in [0.15, 0.2) is 5.96 Å². The lowest BCUT2D eigenvalue weighted by atomic mass is 9.87. The summed E-state index contributed by atoms with van der Waals surface area (Å²) < 4.78 is 7.03. The van der Waals surface area contributed by atoms with Crippen LogP contribution in [0, 0.1) is 5.41 Å². The van der Waals surface area contributed by atoms with E-state index in [-0.39, 0.29) is 24.0 Å². The second-order valence-electron chi connectivity index (χ2n) is 7.22. The number of rotatable bonds is 4. The number of halogens is 1. The lowest BCUT2D eigenvalue weighted by molar-refractivity contribution is 0.156. The first-order valence-corrected chi connectivity index (χ1v) is 10.2. The summed E-state index contributed by atoms with van der Waals surface area (Å²) in [4.78, 5) is 7.36. The predicted molar refractivity (Wildman–Crippen MR) is 121 cm³/mol. The standard InChI is InChI=1S/C20H27N3OS.HI/c1-2-21-19(23-11-8-20(14-23)9-12-24-15-20)22-10-7-16-13-25-18-6-4-3-5-17(16)18;/h3-6,13H,2,7-12,14-15H2,1H3,(H,21,22);1H. The molecule has 1 unspecified atom stereocenters. The highest BCUT2D eigenvalue weighted by Gasteiger charge is 2.42. The Bertz CT molecular complexity index is 754. The molecular weight excluding hydrogens is 457 g/mol. The van der Waals surface area contributed by atoms with Crippen LogP contribution in [0.5, 0.6) is 0 Å². The van der Waals surface area contributed by atoms with Crippen LogP contribution in [-0.4, -0.2) is 50.3 Å².